The average molecular weight is 413 g/mol. The highest BCUT2D eigenvalue weighted by atomic mass is 16.5. The number of rotatable bonds is 10. The number of hydrogen-bond donors (Lipinski definition) is 1. The fraction of sp³-hybridized carbons (Fsp3) is 0.458. The van der Waals surface area contributed by atoms with Crippen molar-refractivity contribution in [1.29, 1.82) is 0 Å². The van der Waals surface area contributed by atoms with E-state index in [0.29, 0.717) is 30.3 Å². The van der Waals surface area contributed by atoms with Crippen LogP contribution < -0.4 is 14.8 Å². The minimum Gasteiger partial charge on any atom is -0.490 e. The second-order valence-corrected chi connectivity index (χ2v) is 7.40. The van der Waals surface area contributed by atoms with E-state index in [9.17, 15) is 4.79 Å². The number of anilines is 1. The zero-order chi connectivity index (χ0) is 21.2. The highest BCUT2D eigenvalue weighted by molar-refractivity contribution is 6.04. The molecule has 3 rings (SSSR count). The van der Waals surface area contributed by atoms with Crippen LogP contribution in [0, 0.1) is 0 Å². The van der Waals surface area contributed by atoms with E-state index in [4.69, 9.17) is 14.2 Å². The SMILES string of the molecule is CCCOc1ccc(C(=O)Nc2ccc(CN3CCOCC3)cc2)cc1OCCC. The van der Waals surface area contributed by atoms with Crippen LogP contribution in [0.5, 0.6) is 11.5 Å². The molecule has 1 heterocycles. The Bertz CT molecular complexity index is 801. The summed E-state index contributed by atoms with van der Waals surface area (Å²) < 4.78 is 16.9. The number of carbonyl (C=O) groups excluding carboxylic acids is 1. The first-order valence-corrected chi connectivity index (χ1v) is 10.8. The van der Waals surface area contributed by atoms with Gasteiger partial charge in [0.15, 0.2) is 11.5 Å². The molecule has 1 N–H and O–H groups in total. The third-order valence-electron chi connectivity index (χ3n) is 4.85. The molecule has 0 spiro atoms. The van der Waals surface area contributed by atoms with Crippen molar-refractivity contribution in [1.82, 2.24) is 4.90 Å². The monoisotopic (exact) mass is 412 g/mol. The Kier molecular flexibility index (Phi) is 8.53. The number of ether oxygens (including phenoxy) is 3. The van der Waals surface area contributed by atoms with E-state index in [1.165, 1.54) is 5.56 Å². The quantitative estimate of drug-likeness (QED) is 0.629. The van der Waals surface area contributed by atoms with Gasteiger partial charge in [-0.2, -0.15) is 0 Å². The van der Waals surface area contributed by atoms with Crippen LogP contribution in [-0.2, 0) is 11.3 Å². The highest BCUT2D eigenvalue weighted by Gasteiger charge is 2.13. The lowest BCUT2D eigenvalue weighted by Gasteiger charge is -2.26. The molecule has 0 saturated carbocycles. The van der Waals surface area contributed by atoms with E-state index in [0.717, 1.165) is 51.4 Å². The van der Waals surface area contributed by atoms with Crippen molar-refractivity contribution in [2.24, 2.45) is 0 Å². The van der Waals surface area contributed by atoms with E-state index < -0.39 is 0 Å². The third-order valence-corrected chi connectivity index (χ3v) is 4.85. The van der Waals surface area contributed by atoms with Gasteiger partial charge in [0.25, 0.3) is 5.91 Å². The molecule has 0 radical (unpaired) electrons. The highest BCUT2D eigenvalue weighted by Crippen LogP contribution is 2.29. The number of nitrogens with zero attached hydrogens (tertiary/aromatic N) is 1. The largest absolute Gasteiger partial charge is 0.490 e. The van der Waals surface area contributed by atoms with E-state index in [1.54, 1.807) is 18.2 Å². The number of hydrogen-bond acceptors (Lipinski definition) is 5. The van der Waals surface area contributed by atoms with Crippen LogP contribution in [0.4, 0.5) is 5.69 Å². The van der Waals surface area contributed by atoms with Gasteiger partial charge >= 0.3 is 0 Å². The van der Waals surface area contributed by atoms with E-state index in [2.05, 4.69) is 29.3 Å². The Labute approximate surface area is 179 Å². The topological polar surface area (TPSA) is 60.0 Å². The standard InChI is InChI=1S/C24H32N2O4/c1-3-13-29-22-10-7-20(17-23(22)30-14-4-2)24(27)25-21-8-5-19(6-9-21)18-26-11-15-28-16-12-26/h5-10,17H,3-4,11-16,18H2,1-2H3,(H,25,27). The molecule has 2 aromatic carbocycles. The Morgan fingerprint density at radius 1 is 0.967 bits per heavy atom. The molecule has 6 heteroatoms. The number of benzene rings is 2. The first kappa shape index (κ1) is 22.1. The lowest BCUT2D eigenvalue weighted by Crippen LogP contribution is -2.35. The fourth-order valence-electron chi connectivity index (χ4n) is 3.22. The van der Waals surface area contributed by atoms with Gasteiger partial charge in [0, 0.05) is 30.9 Å². The predicted molar refractivity (Wildman–Crippen MR) is 119 cm³/mol. The molecule has 1 aliphatic rings. The van der Waals surface area contributed by atoms with Gasteiger partial charge in [0.2, 0.25) is 0 Å². The number of carbonyl (C=O) groups is 1. The van der Waals surface area contributed by atoms with E-state index >= 15 is 0 Å². The average Bonchev–Trinajstić information content (AvgIpc) is 2.78. The smallest absolute Gasteiger partial charge is 0.255 e. The summed E-state index contributed by atoms with van der Waals surface area (Å²) in [7, 11) is 0. The molecule has 0 bridgehead atoms. The van der Waals surface area contributed by atoms with E-state index in [-0.39, 0.29) is 5.91 Å². The van der Waals surface area contributed by atoms with Crippen molar-refractivity contribution in [3.63, 3.8) is 0 Å². The van der Waals surface area contributed by atoms with Crippen LogP contribution in [0.25, 0.3) is 0 Å². The van der Waals surface area contributed by atoms with Gasteiger partial charge in [-0.25, -0.2) is 0 Å². The third kappa shape index (κ3) is 6.47. The van der Waals surface area contributed by atoms with Crippen molar-refractivity contribution in [2.45, 2.75) is 33.2 Å². The van der Waals surface area contributed by atoms with Crippen molar-refractivity contribution in [3.8, 4) is 11.5 Å². The zero-order valence-electron chi connectivity index (χ0n) is 18.0. The maximum Gasteiger partial charge on any atom is 0.255 e. The van der Waals surface area contributed by atoms with Crippen LogP contribution in [0.15, 0.2) is 42.5 Å². The van der Waals surface area contributed by atoms with Gasteiger partial charge < -0.3 is 19.5 Å². The van der Waals surface area contributed by atoms with Gasteiger partial charge in [0.05, 0.1) is 26.4 Å². The van der Waals surface area contributed by atoms with Gasteiger partial charge in [-0.15, -0.1) is 0 Å². The predicted octanol–water partition coefficient (Wildman–Crippen LogP) is 4.35. The van der Waals surface area contributed by atoms with Gasteiger partial charge in [-0.1, -0.05) is 26.0 Å². The molecular weight excluding hydrogens is 380 g/mol. The molecule has 1 aliphatic heterocycles. The Morgan fingerprint density at radius 2 is 1.63 bits per heavy atom. The molecule has 0 unspecified atom stereocenters. The van der Waals surface area contributed by atoms with Gasteiger partial charge in [-0.3, -0.25) is 9.69 Å². The van der Waals surface area contributed by atoms with E-state index in [1.807, 2.05) is 19.1 Å². The fourth-order valence-corrected chi connectivity index (χ4v) is 3.22. The van der Waals surface area contributed by atoms with Crippen LogP contribution in [-0.4, -0.2) is 50.3 Å². The summed E-state index contributed by atoms with van der Waals surface area (Å²) in [6, 6.07) is 13.3. The second kappa shape index (κ2) is 11.6. The molecule has 30 heavy (non-hydrogen) atoms. The molecule has 2 aromatic rings. The summed E-state index contributed by atoms with van der Waals surface area (Å²) >= 11 is 0. The summed E-state index contributed by atoms with van der Waals surface area (Å²) in [5, 5.41) is 2.97. The Balaban J connectivity index is 1.62. The summed E-state index contributed by atoms with van der Waals surface area (Å²) in [5.74, 6) is 1.12. The Hall–Kier alpha value is -2.57. The summed E-state index contributed by atoms with van der Waals surface area (Å²) in [6.07, 6.45) is 1.80. The molecule has 1 fully saturated rings. The molecule has 0 atom stereocenters. The Morgan fingerprint density at radius 3 is 2.30 bits per heavy atom. The lowest BCUT2D eigenvalue weighted by atomic mass is 10.1. The van der Waals surface area contributed by atoms with Crippen LogP contribution in [0.1, 0.15) is 42.6 Å². The van der Waals surface area contributed by atoms with Crippen LogP contribution in [0.2, 0.25) is 0 Å². The maximum absolute atomic E-state index is 12.7. The van der Waals surface area contributed by atoms with Crippen LogP contribution >= 0.6 is 0 Å². The summed E-state index contributed by atoms with van der Waals surface area (Å²) in [5.41, 5.74) is 2.54. The van der Waals surface area contributed by atoms with Crippen LogP contribution in [0.3, 0.4) is 0 Å². The minimum absolute atomic E-state index is 0.167. The molecule has 1 amide bonds. The first-order chi connectivity index (χ1) is 14.7. The van der Waals surface area contributed by atoms with Crippen molar-refractivity contribution in [2.75, 3.05) is 44.8 Å². The molecule has 1 saturated heterocycles. The van der Waals surface area contributed by atoms with Gasteiger partial charge in [-0.05, 0) is 48.7 Å². The van der Waals surface area contributed by atoms with Crippen molar-refractivity contribution < 1.29 is 19.0 Å². The molecule has 162 valence electrons. The lowest BCUT2D eigenvalue weighted by molar-refractivity contribution is 0.0342. The minimum atomic E-state index is -0.167. The first-order valence-electron chi connectivity index (χ1n) is 10.8. The van der Waals surface area contributed by atoms with Crippen molar-refractivity contribution in [3.05, 3.63) is 53.6 Å². The van der Waals surface area contributed by atoms with Crippen molar-refractivity contribution >= 4 is 11.6 Å². The zero-order valence-corrected chi connectivity index (χ0v) is 18.0. The second-order valence-electron chi connectivity index (χ2n) is 7.40. The maximum atomic E-state index is 12.7. The number of amides is 1. The molecule has 0 aromatic heterocycles. The molecule has 6 nitrogen and oxygen atoms in total. The van der Waals surface area contributed by atoms with Gasteiger partial charge in [0.1, 0.15) is 0 Å². The summed E-state index contributed by atoms with van der Waals surface area (Å²) in [4.78, 5) is 15.1. The molecule has 0 aliphatic carbocycles. The summed E-state index contributed by atoms with van der Waals surface area (Å²) in [6.45, 7) is 9.70. The normalized spacial score (nSPS) is 14.3. The molecular formula is C24H32N2O4. The number of morpholine rings is 1. The number of nitrogens with one attached hydrogen (secondary N) is 1.